The summed E-state index contributed by atoms with van der Waals surface area (Å²) in [5.74, 6) is 0. The molecule has 2 rings (SSSR count). The Morgan fingerprint density at radius 3 is 3.33 bits per heavy atom. The maximum absolute atomic E-state index is 9.98. The van der Waals surface area contributed by atoms with Crippen molar-refractivity contribution in [2.75, 3.05) is 0 Å². The first kappa shape index (κ1) is 6.71. The lowest BCUT2D eigenvalue weighted by atomic mass is 10.4. The zero-order chi connectivity index (χ0) is 8.39. The summed E-state index contributed by atoms with van der Waals surface area (Å²) in [5.41, 5.74) is 1.00. The zero-order valence-corrected chi connectivity index (χ0v) is 5.91. The molecule has 0 N–H and O–H groups in total. The smallest absolute Gasteiger partial charge is 0.319 e. The summed E-state index contributed by atoms with van der Waals surface area (Å²) >= 11 is 0. The Labute approximate surface area is 66.7 Å². The van der Waals surface area contributed by atoms with Crippen LogP contribution in [0, 0.1) is 0 Å². The van der Waals surface area contributed by atoms with Gasteiger partial charge in [0.25, 0.3) is 0 Å². The molecule has 0 fully saturated rings. The molecule has 0 aliphatic rings. The van der Waals surface area contributed by atoms with Crippen molar-refractivity contribution < 1.29 is 9.63 Å². The molecule has 0 radical (unpaired) electrons. The number of fused-ring (bicyclic) bond motifs is 1. The van der Waals surface area contributed by atoms with Gasteiger partial charge < -0.3 is 4.84 Å². The van der Waals surface area contributed by atoms with E-state index < -0.39 is 0 Å². The zero-order valence-electron chi connectivity index (χ0n) is 5.91. The van der Waals surface area contributed by atoms with Crippen molar-refractivity contribution in [3.63, 3.8) is 0 Å². The lowest BCUT2D eigenvalue weighted by Gasteiger charge is -1.92. The van der Waals surface area contributed by atoms with Crippen LogP contribution in [0.5, 0.6) is 0 Å². The maximum Gasteiger partial charge on any atom is 0.323 e. The van der Waals surface area contributed by atoms with Gasteiger partial charge in [-0.15, -0.1) is 5.10 Å². The predicted octanol–water partition coefficient (Wildman–Crippen LogP) is -0.589. The molecule has 2 aromatic heterocycles. The Kier molecular flexibility index (Phi) is 1.44. The second kappa shape index (κ2) is 2.57. The number of rotatable bonds is 2. The molecule has 60 valence electrons. The molecule has 0 aliphatic heterocycles. The topological polar surface area (TPSA) is 69.9 Å². The molecule has 2 aromatic rings. The quantitative estimate of drug-likeness (QED) is 0.438. The van der Waals surface area contributed by atoms with E-state index in [1.165, 1.54) is 0 Å². The van der Waals surface area contributed by atoms with Crippen LogP contribution in [0.15, 0.2) is 18.3 Å². The van der Waals surface area contributed by atoms with Crippen LogP contribution in [-0.2, 0) is 4.79 Å². The standard InChI is InChI=1S/C6H4N4O2/c11-4-12-10-6-5(8-9-10)2-1-3-7-6/h1-4H. The first-order valence-electron chi connectivity index (χ1n) is 3.19. The highest BCUT2D eigenvalue weighted by molar-refractivity contribution is 5.68. The van der Waals surface area contributed by atoms with Crippen molar-refractivity contribution in [1.29, 1.82) is 0 Å². The van der Waals surface area contributed by atoms with Crippen LogP contribution >= 0.6 is 0 Å². The van der Waals surface area contributed by atoms with Crippen molar-refractivity contribution in [3.8, 4) is 0 Å². The fourth-order valence-electron chi connectivity index (χ4n) is 0.857. The summed E-state index contributed by atoms with van der Waals surface area (Å²) in [6, 6.07) is 3.45. The van der Waals surface area contributed by atoms with E-state index in [0.717, 1.165) is 4.85 Å². The second-order valence-corrected chi connectivity index (χ2v) is 2.01. The number of pyridine rings is 1. The van der Waals surface area contributed by atoms with E-state index in [0.29, 0.717) is 11.2 Å². The minimum atomic E-state index is 0.267. The largest absolute Gasteiger partial charge is 0.323 e. The van der Waals surface area contributed by atoms with Gasteiger partial charge in [-0.2, -0.15) is 0 Å². The van der Waals surface area contributed by atoms with Crippen LogP contribution in [0.25, 0.3) is 11.2 Å². The third-order valence-electron chi connectivity index (χ3n) is 1.32. The number of hydrogen-bond acceptors (Lipinski definition) is 5. The SMILES string of the molecule is O=COn1nnc2cccnc21. The second-order valence-electron chi connectivity index (χ2n) is 2.01. The van der Waals surface area contributed by atoms with E-state index in [1.807, 2.05) is 0 Å². The number of carbonyl (C=O) groups is 1. The fourth-order valence-corrected chi connectivity index (χ4v) is 0.857. The monoisotopic (exact) mass is 164 g/mol. The van der Waals surface area contributed by atoms with Crippen LogP contribution in [0.4, 0.5) is 0 Å². The molecular weight excluding hydrogens is 160 g/mol. The number of carbonyl (C=O) groups excluding carboxylic acids is 1. The van der Waals surface area contributed by atoms with E-state index >= 15 is 0 Å². The first-order valence-corrected chi connectivity index (χ1v) is 3.19. The molecule has 0 aliphatic carbocycles. The predicted molar refractivity (Wildman–Crippen MR) is 38.0 cm³/mol. The Hall–Kier alpha value is -1.98. The van der Waals surface area contributed by atoms with E-state index in [1.54, 1.807) is 18.3 Å². The molecule has 0 unspecified atom stereocenters. The molecule has 0 amide bonds. The average molecular weight is 164 g/mol. The summed E-state index contributed by atoms with van der Waals surface area (Å²) in [5, 5.41) is 7.24. The van der Waals surface area contributed by atoms with Gasteiger partial charge in [-0.05, 0) is 22.2 Å². The Bertz CT molecular complexity index is 411. The summed E-state index contributed by atoms with van der Waals surface area (Å²) in [6.07, 6.45) is 1.57. The normalized spacial score (nSPS) is 10.0. The minimum absolute atomic E-state index is 0.267. The molecule has 6 nitrogen and oxygen atoms in total. The van der Waals surface area contributed by atoms with Crippen LogP contribution in [0.1, 0.15) is 0 Å². The van der Waals surface area contributed by atoms with Crippen molar-refractivity contribution in [2.24, 2.45) is 0 Å². The Morgan fingerprint density at radius 1 is 1.58 bits per heavy atom. The van der Waals surface area contributed by atoms with Gasteiger partial charge in [-0.3, -0.25) is 4.79 Å². The Balaban J connectivity index is 2.62. The summed E-state index contributed by atoms with van der Waals surface area (Å²) in [4.78, 5) is 19.3. The minimum Gasteiger partial charge on any atom is -0.319 e. The van der Waals surface area contributed by atoms with E-state index in [-0.39, 0.29) is 6.47 Å². The lowest BCUT2D eigenvalue weighted by molar-refractivity contribution is -0.130. The lowest BCUT2D eigenvalue weighted by Crippen LogP contribution is -2.11. The number of hydrogen-bond donors (Lipinski definition) is 0. The van der Waals surface area contributed by atoms with Gasteiger partial charge in [0.2, 0.25) is 5.65 Å². The van der Waals surface area contributed by atoms with E-state index in [2.05, 4.69) is 20.1 Å². The average Bonchev–Trinajstić information content (AvgIpc) is 2.50. The van der Waals surface area contributed by atoms with Gasteiger partial charge in [-0.25, -0.2) is 4.98 Å². The molecule has 2 heterocycles. The molecule has 0 saturated heterocycles. The molecule has 0 spiro atoms. The third kappa shape index (κ3) is 0.895. The molecule has 0 saturated carbocycles. The number of aromatic nitrogens is 4. The third-order valence-corrected chi connectivity index (χ3v) is 1.32. The highest BCUT2D eigenvalue weighted by Crippen LogP contribution is 2.03. The number of nitrogens with zero attached hydrogens (tertiary/aromatic N) is 4. The summed E-state index contributed by atoms with van der Waals surface area (Å²) in [6.45, 7) is 0.267. The van der Waals surface area contributed by atoms with Gasteiger partial charge in [0, 0.05) is 6.20 Å². The van der Waals surface area contributed by atoms with Crippen molar-refractivity contribution in [1.82, 2.24) is 20.1 Å². The molecule has 12 heavy (non-hydrogen) atoms. The van der Waals surface area contributed by atoms with Crippen molar-refractivity contribution in [2.45, 2.75) is 0 Å². The van der Waals surface area contributed by atoms with Gasteiger partial charge >= 0.3 is 6.47 Å². The maximum atomic E-state index is 9.98. The van der Waals surface area contributed by atoms with E-state index in [4.69, 9.17) is 0 Å². The van der Waals surface area contributed by atoms with E-state index in [9.17, 15) is 4.79 Å². The van der Waals surface area contributed by atoms with Gasteiger partial charge in [-0.1, -0.05) is 0 Å². The molecule has 0 atom stereocenters. The fraction of sp³-hybridized carbons (Fsp3) is 0. The van der Waals surface area contributed by atoms with Crippen LogP contribution < -0.4 is 4.84 Å². The van der Waals surface area contributed by atoms with Crippen molar-refractivity contribution in [3.05, 3.63) is 18.3 Å². The molecule has 6 heteroatoms. The van der Waals surface area contributed by atoms with Crippen LogP contribution in [0.3, 0.4) is 0 Å². The highest BCUT2D eigenvalue weighted by Gasteiger charge is 2.03. The molecular formula is C6H4N4O2. The highest BCUT2D eigenvalue weighted by atomic mass is 16.7. The van der Waals surface area contributed by atoms with Crippen LogP contribution in [0.2, 0.25) is 0 Å². The van der Waals surface area contributed by atoms with Gasteiger partial charge in [0.1, 0.15) is 5.52 Å². The summed E-state index contributed by atoms with van der Waals surface area (Å²) < 4.78 is 0. The van der Waals surface area contributed by atoms with Crippen molar-refractivity contribution >= 4 is 17.6 Å². The Morgan fingerprint density at radius 2 is 2.50 bits per heavy atom. The molecule has 0 bridgehead atoms. The summed E-state index contributed by atoms with van der Waals surface area (Å²) in [7, 11) is 0. The molecule has 0 aromatic carbocycles. The van der Waals surface area contributed by atoms with Gasteiger partial charge in [0.05, 0.1) is 0 Å². The first-order chi connectivity index (χ1) is 5.92. The van der Waals surface area contributed by atoms with Crippen LogP contribution in [-0.4, -0.2) is 26.6 Å². The van der Waals surface area contributed by atoms with Gasteiger partial charge in [0.15, 0.2) is 0 Å².